The Balaban J connectivity index is 1.69. The van der Waals surface area contributed by atoms with E-state index >= 15 is 0 Å². The zero-order valence-electron chi connectivity index (χ0n) is 16.5. The molecule has 2 atom stereocenters. The van der Waals surface area contributed by atoms with E-state index in [0.717, 1.165) is 36.3 Å². The second-order valence-corrected chi connectivity index (χ2v) is 8.24. The number of halogens is 2. The molecule has 1 aromatic carbocycles. The van der Waals surface area contributed by atoms with E-state index in [-0.39, 0.29) is 18.6 Å². The number of hydrogen-bond acceptors (Lipinski definition) is 5. The molecule has 0 amide bonds. The molecule has 1 N–H and O–H groups in total. The molecule has 1 aliphatic heterocycles. The highest BCUT2D eigenvalue weighted by atomic mass is 35.5. The molecule has 0 bridgehead atoms. The zero-order chi connectivity index (χ0) is 21.3. The number of hydrogen-bond donors (Lipinski definition) is 1. The zero-order valence-corrected chi connectivity index (χ0v) is 18.0. The lowest BCUT2D eigenvalue weighted by atomic mass is 10.1. The molecule has 30 heavy (non-hydrogen) atoms. The topological polar surface area (TPSA) is 80.5 Å². The van der Waals surface area contributed by atoms with Gasteiger partial charge in [0.1, 0.15) is 5.82 Å². The summed E-state index contributed by atoms with van der Waals surface area (Å²) in [5.74, 6) is -0.0779. The number of nitrogens with zero attached hydrogens (tertiary/aromatic N) is 4. The van der Waals surface area contributed by atoms with E-state index in [4.69, 9.17) is 38.0 Å². The quantitative estimate of drug-likeness (QED) is 0.569. The predicted octanol–water partition coefficient (Wildman–Crippen LogP) is 4.58. The number of aromatic nitrogens is 3. The fraction of sp³-hybridized carbons (Fsp3) is 0.381. The van der Waals surface area contributed by atoms with Crippen molar-refractivity contribution in [1.29, 1.82) is 0 Å². The minimum Gasteiger partial charge on any atom is -0.481 e. The molecule has 9 heteroatoms. The molecule has 1 aliphatic rings. The van der Waals surface area contributed by atoms with Crippen LogP contribution < -0.4 is 4.90 Å². The predicted molar refractivity (Wildman–Crippen MR) is 117 cm³/mol. The molecule has 0 aliphatic carbocycles. The van der Waals surface area contributed by atoms with Gasteiger partial charge in [0.05, 0.1) is 52.8 Å². The van der Waals surface area contributed by atoms with Crippen molar-refractivity contribution in [1.82, 2.24) is 14.5 Å². The fourth-order valence-electron chi connectivity index (χ4n) is 3.86. The van der Waals surface area contributed by atoms with Crippen molar-refractivity contribution >= 4 is 45.9 Å². The second kappa shape index (κ2) is 8.79. The molecule has 4 rings (SSSR count). The summed E-state index contributed by atoms with van der Waals surface area (Å²) in [6.45, 7) is 3.06. The van der Waals surface area contributed by atoms with Crippen LogP contribution in [0.4, 0.5) is 5.82 Å². The summed E-state index contributed by atoms with van der Waals surface area (Å²) in [6, 6.07) is 5.81. The normalized spacial score (nSPS) is 17.6. The van der Waals surface area contributed by atoms with Crippen LogP contribution in [0.5, 0.6) is 0 Å². The number of imidazole rings is 1. The first-order valence-electron chi connectivity index (χ1n) is 9.81. The Hall–Kier alpha value is -2.35. The molecular weight excluding hydrogens is 427 g/mol. The number of anilines is 1. The molecule has 1 saturated heterocycles. The van der Waals surface area contributed by atoms with Gasteiger partial charge < -0.3 is 19.3 Å². The van der Waals surface area contributed by atoms with Crippen LogP contribution in [0.25, 0.3) is 16.6 Å². The number of benzene rings is 1. The lowest BCUT2D eigenvalue weighted by Gasteiger charge is -2.27. The first kappa shape index (κ1) is 20.9. The SMILES string of the molecule is CC(CC(=O)O)OC[C@@H]1CCCN1c1cc(-n2ccnc2)c2ccc(Cl)c(Cl)c2n1. The van der Waals surface area contributed by atoms with E-state index in [0.29, 0.717) is 22.2 Å². The highest BCUT2D eigenvalue weighted by Crippen LogP contribution is 2.36. The van der Waals surface area contributed by atoms with Crippen molar-refractivity contribution in [3.8, 4) is 5.69 Å². The molecular formula is C21H22Cl2N4O3. The standard InChI is InChI=1S/C21H22Cl2N4O3/c1-13(9-19(28)29)30-11-14-3-2-7-27(14)18-10-17(26-8-6-24-12-26)15-4-5-16(22)20(23)21(15)25-18/h4-6,8,10,12-14H,2-3,7,9,11H2,1H3,(H,28,29)/t13?,14-/m0/s1. The smallest absolute Gasteiger partial charge is 0.305 e. The Kier molecular flexibility index (Phi) is 6.13. The van der Waals surface area contributed by atoms with Gasteiger partial charge in [-0.1, -0.05) is 23.2 Å². The summed E-state index contributed by atoms with van der Waals surface area (Å²) in [5, 5.41) is 10.7. The summed E-state index contributed by atoms with van der Waals surface area (Å²) in [4.78, 5) is 22.1. The van der Waals surface area contributed by atoms with Gasteiger partial charge in [-0.2, -0.15) is 0 Å². The van der Waals surface area contributed by atoms with Crippen LogP contribution in [0.15, 0.2) is 36.9 Å². The number of pyridine rings is 1. The monoisotopic (exact) mass is 448 g/mol. The van der Waals surface area contributed by atoms with Gasteiger partial charge >= 0.3 is 5.97 Å². The number of carboxylic acid groups (broad SMARTS) is 1. The molecule has 3 heterocycles. The van der Waals surface area contributed by atoms with Crippen molar-refractivity contribution in [3.05, 3.63) is 47.0 Å². The number of fused-ring (bicyclic) bond motifs is 1. The third kappa shape index (κ3) is 4.24. The van der Waals surface area contributed by atoms with Crippen LogP contribution in [0.1, 0.15) is 26.2 Å². The van der Waals surface area contributed by atoms with Crippen molar-refractivity contribution < 1.29 is 14.6 Å². The molecule has 0 spiro atoms. The van der Waals surface area contributed by atoms with E-state index < -0.39 is 5.97 Å². The van der Waals surface area contributed by atoms with Gasteiger partial charge in [0.25, 0.3) is 0 Å². The van der Waals surface area contributed by atoms with Gasteiger partial charge in [-0.05, 0) is 31.9 Å². The average molecular weight is 449 g/mol. The summed E-state index contributed by atoms with van der Waals surface area (Å²) in [7, 11) is 0. The Morgan fingerprint density at radius 3 is 2.97 bits per heavy atom. The largest absolute Gasteiger partial charge is 0.481 e. The van der Waals surface area contributed by atoms with Crippen molar-refractivity contribution in [2.24, 2.45) is 0 Å². The van der Waals surface area contributed by atoms with E-state index in [1.807, 2.05) is 22.9 Å². The first-order chi connectivity index (χ1) is 14.4. The van der Waals surface area contributed by atoms with Gasteiger partial charge in [-0.25, -0.2) is 9.97 Å². The van der Waals surface area contributed by atoms with Crippen LogP contribution >= 0.6 is 23.2 Å². The molecule has 0 saturated carbocycles. The van der Waals surface area contributed by atoms with Crippen LogP contribution in [0.2, 0.25) is 10.0 Å². The molecule has 2 aromatic heterocycles. The van der Waals surface area contributed by atoms with Gasteiger partial charge in [-0.15, -0.1) is 0 Å². The lowest BCUT2D eigenvalue weighted by Crippen LogP contribution is -2.35. The Labute approximate surface area is 184 Å². The van der Waals surface area contributed by atoms with Crippen molar-refractivity contribution in [3.63, 3.8) is 0 Å². The highest BCUT2D eigenvalue weighted by Gasteiger charge is 2.28. The maximum atomic E-state index is 10.9. The minimum absolute atomic E-state index is 0.0141. The molecule has 3 aromatic rings. The van der Waals surface area contributed by atoms with Crippen LogP contribution in [-0.4, -0.2) is 50.9 Å². The molecule has 158 valence electrons. The third-order valence-corrected chi connectivity index (χ3v) is 6.12. The maximum absolute atomic E-state index is 10.9. The maximum Gasteiger partial charge on any atom is 0.305 e. The average Bonchev–Trinajstić information content (AvgIpc) is 3.40. The Bertz CT molecular complexity index is 1060. The van der Waals surface area contributed by atoms with Gasteiger partial charge in [-0.3, -0.25) is 4.79 Å². The number of carbonyl (C=O) groups is 1. The van der Waals surface area contributed by atoms with E-state index in [1.165, 1.54) is 0 Å². The Morgan fingerprint density at radius 1 is 1.40 bits per heavy atom. The summed E-state index contributed by atoms with van der Waals surface area (Å²) in [5.41, 5.74) is 1.55. The summed E-state index contributed by atoms with van der Waals surface area (Å²) >= 11 is 12.8. The minimum atomic E-state index is -0.863. The first-order valence-corrected chi connectivity index (χ1v) is 10.6. The van der Waals surface area contributed by atoms with Gasteiger partial charge in [0.2, 0.25) is 0 Å². The molecule has 1 unspecified atom stereocenters. The number of carboxylic acids is 1. The molecule has 1 fully saturated rings. The van der Waals surface area contributed by atoms with Crippen molar-refractivity contribution in [2.75, 3.05) is 18.1 Å². The Morgan fingerprint density at radius 2 is 2.23 bits per heavy atom. The van der Waals surface area contributed by atoms with E-state index in [2.05, 4.69) is 9.88 Å². The van der Waals surface area contributed by atoms with Crippen LogP contribution in [-0.2, 0) is 9.53 Å². The van der Waals surface area contributed by atoms with E-state index in [1.54, 1.807) is 25.5 Å². The number of rotatable bonds is 7. The summed E-state index contributed by atoms with van der Waals surface area (Å²) < 4.78 is 7.73. The lowest BCUT2D eigenvalue weighted by molar-refractivity contribution is -0.139. The van der Waals surface area contributed by atoms with Gasteiger partial charge in [0, 0.05) is 30.4 Å². The summed E-state index contributed by atoms with van der Waals surface area (Å²) in [6.07, 6.45) is 6.93. The van der Waals surface area contributed by atoms with Crippen LogP contribution in [0.3, 0.4) is 0 Å². The molecule has 0 radical (unpaired) electrons. The number of ether oxygens (including phenoxy) is 1. The second-order valence-electron chi connectivity index (χ2n) is 7.46. The fourth-order valence-corrected chi connectivity index (χ4v) is 4.22. The van der Waals surface area contributed by atoms with Crippen molar-refractivity contribution in [2.45, 2.75) is 38.3 Å². The molecule has 7 nitrogen and oxygen atoms in total. The highest BCUT2D eigenvalue weighted by molar-refractivity contribution is 6.45. The third-order valence-electron chi connectivity index (χ3n) is 5.33. The van der Waals surface area contributed by atoms with E-state index in [9.17, 15) is 4.79 Å². The van der Waals surface area contributed by atoms with Gasteiger partial charge in [0.15, 0.2) is 0 Å². The van der Waals surface area contributed by atoms with Crippen LogP contribution in [0, 0.1) is 0 Å². The number of aliphatic carboxylic acids is 1.